The van der Waals surface area contributed by atoms with Gasteiger partial charge in [-0.25, -0.2) is 4.57 Å². The lowest BCUT2D eigenvalue weighted by Crippen LogP contribution is -2.45. The predicted octanol–water partition coefficient (Wildman–Crippen LogP) is 18.3. The third-order valence-electron chi connectivity index (χ3n) is 13.5. The molecule has 3 unspecified atom stereocenters. The highest BCUT2D eigenvalue weighted by molar-refractivity contribution is 7.47. The largest absolute Gasteiger partial charge is 0.472 e. The SMILES string of the molecule is CCCCCC/C=C\C/C=C\CCCCCCCC(=O)NC(COP(=O)(O)OCC[N+](C)(C)C)C(O)/C=C/CC/C=C/CCCCCCCCCCCCCCCCCCCCCCCCCCCC. The van der Waals surface area contributed by atoms with E-state index in [9.17, 15) is 19.4 Å². The second-order valence-electron chi connectivity index (χ2n) is 21.7. The van der Waals surface area contributed by atoms with E-state index >= 15 is 0 Å². The molecule has 3 N–H and O–H groups in total. The summed E-state index contributed by atoms with van der Waals surface area (Å²) < 4.78 is 23.7. The molecule has 0 aromatic heterocycles. The van der Waals surface area contributed by atoms with Crippen molar-refractivity contribution in [3.05, 3.63) is 48.6 Å². The first-order valence-electron chi connectivity index (χ1n) is 30.0. The fourth-order valence-corrected chi connectivity index (χ4v) is 9.53. The number of hydrogen-bond acceptors (Lipinski definition) is 5. The Morgan fingerprint density at radius 1 is 0.486 bits per heavy atom. The standard InChI is InChI=1S/C61H117N2O6P/c1-6-8-10-12-14-16-18-20-22-24-25-26-27-28-29-30-31-32-33-34-35-36-37-38-39-40-42-44-46-48-50-52-54-60(64)59(58-69-70(66,67)68-57-56-63(3,4)5)62-61(65)55-53-51-49-47-45-43-41-23-21-19-17-15-13-11-9-7-2/h17,19,23,41,44,46,52,54,59-60,64H,6-16,18,20-22,24-40,42-43,45,47-51,53,55-58H2,1-5H3,(H-,62,65,66,67)/p+1/b19-17-,41-23-,46-44+,54-52+. The number of hydrogen-bond donors (Lipinski definition) is 3. The first-order chi connectivity index (χ1) is 34.0. The second-order valence-corrected chi connectivity index (χ2v) is 23.2. The summed E-state index contributed by atoms with van der Waals surface area (Å²) in [6.45, 7) is 4.79. The molecular weight excluding hydrogens is 888 g/mol. The van der Waals surface area contributed by atoms with E-state index in [4.69, 9.17) is 9.05 Å². The smallest absolute Gasteiger partial charge is 0.387 e. The molecule has 70 heavy (non-hydrogen) atoms. The molecule has 1 amide bonds. The lowest BCUT2D eigenvalue weighted by Gasteiger charge is -2.25. The molecule has 0 aliphatic rings. The number of phosphoric acid groups is 1. The Bertz CT molecular complexity index is 1280. The summed E-state index contributed by atoms with van der Waals surface area (Å²) in [6, 6.07) is -0.872. The van der Waals surface area contributed by atoms with Crippen LogP contribution in [0.2, 0.25) is 0 Å². The van der Waals surface area contributed by atoms with Gasteiger partial charge in [0.25, 0.3) is 0 Å². The van der Waals surface area contributed by atoms with Gasteiger partial charge in [0.05, 0.1) is 39.9 Å². The molecule has 0 radical (unpaired) electrons. The van der Waals surface area contributed by atoms with Gasteiger partial charge in [-0.15, -0.1) is 0 Å². The molecule has 9 heteroatoms. The highest BCUT2D eigenvalue weighted by atomic mass is 31.2. The Hall–Kier alpha value is -1.54. The van der Waals surface area contributed by atoms with E-state index < -0.39 is 20.0 Å². The number of amides is 1. The average molecular weight is 1010 g/mol. The number of aliphatic hydroxyl groups excluding tert-OH is 1. The van der Waals surface area contributed by atoms with Crippen LogP contribution in [0.1, 0.15) is 284 Å². The first-order valence-corrected chi connectivity index (χ1v) is 31.5. The normalized spacial score (nSPS) is 14.2. The maximum atomic E-state index is 12.9. The number of rotatable bonds is 55. The van der Waals surface area contributed by atoms with Gasteiger partial charge < -0.3 is 19.8 Å². The summed E-state index contributed by atoms with van der Waals surface area (Å²) in [5, 5.41) is 13.9. The third kappa shape index (κ3) is 54.2. The number of aliphatic hydroxyl groups is 1. The molecule has 0 spiro atoms. The molecule has 0 saturated heterocycles. The number of quaternary nitrogens is 1. The number of unbranched alkanes of at least 4 members (excludes halogenated alkanes) is 36. The quantitative estimate of drug-likeness (QED) is 0.0243. The molecule has 412 valence electrons. The minimum absolute atomic E-state index is 0.0524. The van der Waals surface area contributed by atoms with E-state index in [0.717, 1.165) is 64.2 Å². The van der Waals surface area contributed by atoms with E-state index in [2.05, 4.69) is 55.6 Å². The highest BCUT2D eigenvalue weighted by Crippen LogP contribution is 2.43. The maximum Gasteiger partial charge on any atom is 0.472 e. The molecule has 8 nitrogen and oxygen atoms in total. The Morgan fingerprint density at radius 2 is 0.829 bits per heavy atom. The van der Waals surface area contributed by atoms with Gasteiger partial charge in [0.15, 0.2) is 0 Å². The zero-order chi connectivity index (χ0) is 51.3. The van der Waals surface area contributed by atoms with Gasteiger partial charge in [-0.3, -0.25) is 13.8 Å². The van der Waals surface area contributed by atoms with Gasteiger partial charge in [-0.1, -0.05) is 262 Å². The molecule has 0 fully saturated rings. The van der Waals surface area contributed by atoms with Crippen LogP contribution in [-0.4, -0.2) is 73.4 Å². The molecular formula is C61H118N2O6P+. The van der Waals surface area contributed by atoms with Crippen LogP contribution in [0.25, 0.3) is 0 Å². The molecule has 0 bridgehead atoms. The van der Waals surface area contributed by atoms with E-state index in [-0.39, 0.29) is 19.1 Å². The molecule has 0 aliphatic heterocycles. The van der Waals surface area contributed by atoms with Crippen LogP contribution >= 0.6 is 7.82 Å². The zero-order valence-corrected chi connectivity index (χ0v) is 47.9. The third-order valence-corrected chi connectivity index (χ3v) is 14.5. The van der Waals surface area contributed by atoms with E-state index in [1.807, 2.05) is 27.2 Å². The average Bonchev–Trinajstić information content (AvgIpc) is 3.32. The number of phosphoric ester groups is 1. The summed E-state index contributed by atoms with van der Waals surface area (Å²) in [5.41, 5.74) is 0. The van der Waals surface area contributed by atoms with Gasteiger partial charge in [0, 0.05) is 6.42 Å². The molecule has 0 aliphatic carbocycles. The molecule has 0 aromatic carbocycles. The van der Waals surface area contributed by atoms with Crippen molar-refractivity contribution < 1.29 is 32.9 Å². The summed E-state index contributed by atoms with van der Waals surface area (Å²) >= 11 is 0. The van der Waals surface area contributed by atoms with E-state index in [1.54, 1.807) is 6.08 Å². The second kappa shape index (κ2) is 52.3. The van der Waals surface area contributed by atoms with Crippen LogP contribution in [0.3, 0.4) is 0 Å². The van der Waals surface area contributed by atoms with E-state index in [1.165, 1.54) is 199 Å². The number of carbonyl (C=O) groups is 1. The Kier molecular flexibility index (Phi) is 51.2. The van der Waals surface area contributed by atoms with Crippen LogP contribution in [0.4, 0.5) is 0 Å². The summed E-state index contributed by atoms with van der Waals surface area (Å²) in [4.78, 5) is 23.3. The van der Waals surface area contributed by atoms with Crippen molar-refractivity contribution in [1.82, 2.24) is 5.32 Å². The number of likely N-dealkylation sites (N-methyl/N-ethyl adjacent to an activating group) is 1. The topological polar surface area (TPSA) is 105 Å². The first kappa shape index (κ1) is 68.5. The minimum Gasteiger partial charge on any atom is -0.387 e. The van der Waals surface area contributed by atoms with Crippen LogP contribution in [0, 0.1) is 0 Å². The lowest BCUT2D eigenvalue weighted by atomic mass is 10.0. The van der Waals surface area contributed by atoms with Crippen molar-refractivity contribution in [2.75, 3.05) is 40.9 Å². The van der Waals surface area contributed by atoms with Crippen LogP contribution in [0.15, 0.2) is 48.6 Å². The van der Waals surface area contributed by atoms with Gasteiger partial charge >= 0.3 is 7.82 Å². The van der Waals surface area contributed by atoms with Crippen LogP contribution < -0.4 is 5.32 Å². The summed E-state index contributed by atoms with van der Waals surface area (Å²) in [6.07, 6.45) is 69.5. The Labute approximate surface area is 435 Å². The predicted molar refractivity (Wildman–Crippen MR) is 304 cm³/mol. The fourth-order valence-electron chi connectivity index (χ4n) is 8.80. The van der Waals surface area contributed by atoms with Gasteiger partial charge in [0.1, 0.15) is 13.2 Å². The minimum atomic E-state index is -4.36. The molecule has 0 rings (SSSR count). The number of allylic oxidation sites excluding steroid dienone is 7. The Balaban J connectivity index is 4.14. The molecule has 0 aromatic rings. The van der Waals surface area contributed by atoms with Gasteiger partial charge in [-0.2, -0.15) is 0 Å². The zero-order valence-electron chi connectivity index (χ0n) is 47.0. The molecule has 0 saturated carbocycles. The van der Waals surface area contributed by atoms with Crippen molar-refractivity contribution in [1.29, 1.82) is 0 Å². The molecule has 0 heterocycles. The molecule has 3 atom stereocenters. The highest BCUT2D eigenvalue weighted by Gasteiger charge is 2.27. The number of nitrogens with zero attached hydrogens (tertiary/aromatic N) is 1. The van der Waals surface area contributed by atoms with Crippen molar-refractivity contribution in [3.8, 4) is 0 Å². The number of carbonyl (C=O) groups excluding carboxylic acids is 1. The summed E-state index contributed by atoms with van der Waals surface area (Å²) in [7, 11) is 1.55. The monoisotopic (exact) mass is 1010 g/mol. The Morgan fingerprint density at radius 3 is 1.24 bits per heavy atom. The fraction of sp³-hybridized carbons (Fsp3) is 0.852. The van der Waals surface area contributed by atoms with E-state index in [0.29, 0.717) is 17.4 Å². The van der Waals surface area contributed by atoms with Gasteiger partial charge in [-0.05, 0) is 64.2 Å². The van der Waals surface area contributed by atoms with Crippen molar-refractivity contribution in [3.63, 3.8) is 0 Å². The summed E-state index contributed by atoms with van der Waals surface area (Å²) in [5.74, 6) is -0.199. The van der Waals surface area contributed by atoms with Crippen LogP contribution in [0.5, 0.6) is 0 Å². The maximum absolute atomic E-state index is 12.9. The number of nitrogens with one attached hydrogen (secondary N) is 1. The van der Waals surface area contributed by atoms with Crippen LogP contribution in [-0.2, 0) is 18.4 Å². The van der Waals surface area contributed by atoms with Gasteiger partial charge in [0.2, 0.25) is 5.91 Å². The lowest BCUT2D eigenvalue weighted by molar-refractivity contribution is -0.870. The van der Waals surface area contributed by atoms with Crippen molar-refractivity contribution >= 4 is 13.7 Å². The van der Waals surface area contributed by atoms with Crippen molar-refractivity contribution in [2.24, 2.45) is 0 Å². The van der Waals surface area contributed by atoms with Crippen molar-refractivity contribution in [2.45, 2.75) is 296 Å².